The van der Waals surface area contributed by atoms with Crippen LogP contribution in [0.5, 0.6) is 0 Å². The van der Waals surface area contributed by atoms with Crippen molar-refractivity contribution in [2.75, 3.05) is 53.1 Å². The largest absolute Gasteiger partial charge is 0.382 e. The molecule has 0 aromatic carbocycles. The molecule has 2 unspecified atom stereocenters. The average molecular weight is 342 g/mol. The van der Waals surface area contributed by atoms with Gasteiger partial charge in [-0.15, -0.1) is 0 Å². The van der Waals surface area contributed by atoms with Gasteiger partial charge in [-0.2, -0.15) is 0 Å². The number of nitrogens with zero attached hydrogens (tertiary/aromatic N) is 2. The summed E-state index contributed by atoms with van der Waals surface area (Å²) < 4.78 is 10.7. The SMILES string of the molecule is CCCCC(CC)CN=C(NCC)N1CCC(COCCOC)C1. The van der Waals surface area contributed by atoms with Gasteiger partial charge in [0.25, 0.3) is 0 Å². The second-order valence-electron chi connectivity index (χ2n) is 6.78. The van der Waals surface area contributed by atoms with Crippen molar-refractivity contribution >= 4 is 5.96 Å². The van der Waals surface area contributed by atoms with Gasteiger partial charge in [0.05, 0.1) is 19.8 Å². The van der Waals surface area contributed by atoms with Crippen LogP contribution in [-0.4, -0.2) is 64.0 Å². The summed E-state index contributed by atoms with van der Waals surface area (Å²) in [4.78, 5) is 7.34. The van der Waals surface area contributed by atoms with Crippen LogP contribution in [-0.2, 0) is 9.47 Å². The molecule has 2 atom stereocenters. The van der Waals surface area contributed by atoms with E-state index >= 15 is 0 Å². The molecule has 1 N–H and O–H groups in total. The van der Waals surface area contributed by atoms with Gasteiger partial charge in [0.2, 0.25) is 0 Å². The predicted molar refractivity (Wildman–Crippen MR) is 102 cm³/mol. The molecule has 5 heteroatoms. The molecule has 1 fully saturated rings. The van der Waals surface area contributed by atoms with Crippen molar-refractivity contribution in [2.24, 2.45) is 16.8 Å². The number of ether oxygens (including phenoxy) is 2. The first kappa shape index (κ1) is 21.2. The van der Waals surface area contributed by atoms with Crippen LogP contribution in [0.15, 0.2) is 4.99 Å². The lowest BCUT2D eigenvalue weighted by molar-refractivity contribution is 0.0536. The Hall–Kier alpha value is -0.810. The second-order valence-corrected chi connectivity index (χ2v) is 6.78. The van der Waals surface area contributed by atoms with Gasteiger partial charge in [-0.25, -0.2) is 0 Å². The van der Waals surface area contributed by atoms with Gasteiger partial charge in [0.1, 0.15) is 0 Å². The van der Waals surface area contributed by atoms with Gasteiger partial charge in [0, 0.05) is 39.2 Å². The highest BCUT2D eigenvalue weighted by molar-refractivity contribution is 5.80. The summed E-state index contributed by atoms with van der Waals surface area (Å²) in [6, 6.07) is 0. The number of methoxy groups -OCH3 is 1. The number of hydrogen-bond donors (Lipinski definition) is 1. The van der Waals surface area contributed by atoms with Gasteiger partial charge < -0.3 is 19.7 Å². The predicted octanol–water partition coefficient (Wildman–Crippen LogP) is 3.15. The van der Waals surface area contributed by atoms with Crippen LogP contribution in [0, 0.1) is 11.8 Å². The number of likely N-dealkylation sites (tertiary alicyclic amines) is 1. The Morgan fingerprint density at radius 2 is 2.12 bits per heavy atom. The standard InChI is InChI=1S/C19H39N3O2/c1-5-8-9-17(6-2)14-21-19(20-7-3)22-11-10-18(15-22)16-24-13-12-23-4/h17-18H,5-16H2,1-4H3,(H,20,21). The van der Waals surface area contributed by atoms with Crippen molar-refractivity contribution in [1.82, 2.24) is 10.2 Å². The molecule has 0 amide bonds. The van der Waals surface area contributed by atoms with Crippen LogP contribution in [0.4, 0.5) is 0 Å². The van der Waals surface area contributed by atoms with Gasteiger partial charge in [-0.05, 0) is 25.7 Å². The first-order valence-electron chi connectivity index (χ1n) is 9.84. The zero-order valence-corrected chi connectivity index (χ0v) is 16.4. The maximum Gasteiger partial charge on any atom is 0.193 e. The lowest BCUT2D eigenvalue weighted by Crippen LogP contribution is -2.40. The maximum atomic E-state index is 5.69. The molecule has 1 saturated heterocycles. The molecule has 0 saturated carbocycles. The van der Waals surface area contributed by atoms with E-state index in [1.807, 2.05) is 0 Å². The van der Waals surface area contributed by atoms with Gasteiger partial charge in [-0.1, -0.05) is 33.1 Å². The monoisotopic (exact) mass is 341 g/mol. The lowest BCUT2D eigenvalue weighted by Gasteiger charge is -2.23. The van der Waals surface area contributed by atoms with Crippen LogP contribution in [0.3, 0.4) is 0 Å². The van der Waals surface area contributed by atoms with Crippen molar-refractivity contribution < 1.29 is 9.47 Å². The van der Waals surface area contributed by atoms with E-state index in [9.17, 15) is 0 Å². The molecule has 24 heavy (non-hydrogen) atoms. The van der Waals surface area contributed by atoms with Crippen molar-refractivity contribution in [1.29, 1.82) is 0 Å². The minimum atomic E-state index is 0.604. The van der Waals surface area contributed by atoms with E-state index in [1.165, 1.54) is 32.1 Å². The van der Waals surface area contributed by atoms with E-state index in [-0.39, 0.29) is 0 Å². The van der Waals surface area contributed by atoms with Crippen molar-refractivity contribution in [3.8, 4) is 0 Å². The molecule has 0 radical (unpaired) electrons. The minimum Gasteiger partial charge on any atom is -0.382 e. The zero-order chi connectivity index (χ0) is 17.6. The van der Waals surface area contributed by atoms with Crippen LogP contribution in [0.1, 0.15) is 52.9 Å². The third-order valence-corrected chi connectivity index (χ3v) is 4.75. The average Bonchev–Trinajstić information content (AvgIpc) is 3.06. The second kappa shape index (κ2) is 13.5. The Bertz CT molecular complexity index is 337. The van der Waals surface area contributed by atoms with Crippen molar-refractivity contribution in [3.63, 3.8) is 0 Å². The molecule has 1 aliphatic heterocycles. The number of unbranched alkanes of at least 4 members (excludes halogenated alkanes) is 1. The van der Waals surface area contributed by atoms with Gasteiger partial charge in [0.15, 0.2) is 5.96 Å². The first-order chi connectivity index (χ1) is 11.7. The van der Waals surface area contributed by atoms with Gasteiger partial charge >= 0.3 is 0 Å². The lowest BCUT2D eigenvalue weighted by atomic mass is 10.00. The van der Waals surface area contributed by atoms with Crippen LogP contribution in [0.2, 0.25) is 0 Å². The fourth-order valence-electron chi connectivity index (χ4n) is 3.11. The molecule has 1 aliphatic rings. The van der Waals surface area contributed by atoms with E-state index in [2.05, 4.69) is 31.0 Å². The topological polar surface area (TPSA) is 46.1 Å². The zero-order valence-electron chi connectivity index (χ0n) is 16.4. The van der Waals surface area contributed by atoms with Crippen LogP contribution in [0.25, 0.3) is 0 Å². The Labute approximate surface area is 149 Å². The van der Waals surface area contributed by atoms with Crippen molar-refractivity contribution in [2.45, 2.75) is 52.9 Å². The number of aliphatic imine (C=N–C) groups is 1. The number of guanidine groups is 1. The van der Waals surface area contributed by atoms with E-state index in [0.29, 0.717) is 19.1 Å². The molecule has 1 rings (SSSR count). The summed E-state index contributed by atoms with van der Waals surface area (Å²) in [5, 5.41) is 3.47. The van der Waals surface area contributed by atoms with E-state index < -0.39 is 0 Å². The fraction of sp³-hybridized carbons (Fsp3) is 0.947. The highest BCUT2D eigenvalue weighted by Crippen LogP contribution is 2.18. The molecule has 1 heterocycles. The van der Waals surface area contributed by atoms with Crippen molar-refractivity contribution in [3.05, 3.63) is 0 Å². The summed E-state index contributed by atoms with van der Waals surface area (Å²) in [5.41, 5.74) is 0. The molecular weight excluding hydrogens is 302 g/mol. The maximum absolute atomic E-state index is 5.69. The Balaban J connectivity index is 2.44. The minimum absolute atomic E-state index is 0.604. The van der Waals surface area contributed by atoms with E-state index in [0.717, 1.165) is 44.7 Å². The molecular formula is C19H39N3O2. The highest BCUT2D eigenvalue weighted by atomic mass is 16.5. The molecule has 0 bridgehead atoms. The fourth-order valence-corrected chi connectivity index (χ4v) is 3.11. The summed E-state index contributed by atoms with van der Waals surface area (Å²) in [6.45, 7) is 12.9. The molecule has 0 aliphatic carbocycles. The Morgan fingerprint density at radius 1 is 1.29 bits per heavy atom. The highest BCUT2D eigenvalue weighted by Gasteiger charge is 2.25. The molecule has 5 nitrogen and oxygen atoms in total. The number of nitrogens with one attached hydrogen (secondary N) is 1. The molecule has 0 aromatic heterocycles. The van der Waals surface area contributed by atoms with Crippen LogP contribution >= 0.6 is 0 Å². The third kappa shape index (κ3) is 8.34. The van der Waals surface area contributed by atoms with E-state index in [1.54, 1.807) is 7.11 Å². The first-order valence-corrected chi connectivity index (χ1v) is 9.84. The summed E-state index contributed by atoms with van der Waals surface area (Å²) in [7, 11) is 1.71. The third-order valence-electron chi connectivity index (χ3n) is 4.75. The normalized spacial score (nSPS) is 19.8. The number of rotatable bonds is 12. The Morgan fingerprint density at radius 3 is 2.79 bits per heavy atom. The smallest absolute Gasteiger partial charge is 0.193 e. The van der Waals surface area contributed by atoms with Crippen LogP contribution < -0.4 is 5.32 Å². The number of hydrogen-bond acceptors (Lipinski definition) is 3. The summed E-state index contributed by atoms with van der Waals surface area (Å²) >= 11 is 0. The molecule has 0 spiro atoms. The molecule has 142 valence electrons. The molecule has 0 aromatic rings. The Kier molecular flexibility index (Phi) is 11.9. The van der Waals surface area contributed by atoms with Gasteiger partial charge in [-0.3, -0.25) is 4.99 Å². The summed E-state index contributed by atoms with van der Waals surface area (Å²) in [6.07, 6.45) is 6.29. The quantitative estimate of drug-likeness (QED) is 0.336. The van der Waals surface area contributed by atoms with E-state index in [4.69, 9.17) is 14.5 Å². The summed E-state index contributed by atoms with van der Waals surface area (Å²) in [5.74, 6) is 2.41.